The van der Waals surface area contributed by atoms with Crippen molar-refractivity contribution in [2.45, 2.75) is 40.0 Å². The Bertz CT molecular complexity index is 669. The van der Waals surface area contributed by atoms with Crippen molar-refractivity contribution >= 4 is 11.6 Å². The molecule has 0 bridgehead atoms. The molecule has 0 unspecified atom stereocenters. The van der Waals surface area contributed by atoms with Crippen LogP contribution in [0.2, 0.25) is 0 Å². The molecule has 0 radical (unpaired) electrons. The summed E-state index contributed by atoms with van der Waals surface area (Å²) in [4.78, 5) is 41.5. The molecule has 2 rings (SSSR count). The number of amides is 1. The molecule has 0 aromatic carbocycles. The molecule has 1 saturated heterocycles. The molecular formula is C15H24N4O3. The van der Waals surface area contributed by atoms with Crippen LogP contribution in [-0.2, 0) is 0 Å². The van der Waals surface area contributed by atoms with Crippen LogP contribution in [0.4, 0.5) is 5.69 Å². The number of nitrogens with one attached hydrogen (secondary N) is 2. The van der Waals surface area contributed by atoms with E-state index in [1.165, 1.54) is 0 Å². The van der Waals surface area contributed by atoms with Crippen molar-refractivity contribution in [3.05, 3.63) is 26.5 Å². The van der Waals surface area contributed by atoms with E-state index in [2.05, 4.69) is 25.8 Å². The van der Waals surface area contributed by atoms with E-state index in [1.54, 1.807) is 4.90 Å². The Morgan fingerprint density at radius 3 is 2.50 bits per heavy atom. The summed E-state index contributed by atoms with van der Waals surface area (Å²) in [6.45, 7) is 7.85. The molecule has 0 aliphatic carbocycles. The Morgan fingerprint density at radius 1 is 1.18 bits per heavy atom. The lowest BCUT2D eigenvalue weighted by Crippen LogP contribution is -2.37. The van der Waals surface area contributed by atoms with Gasteiger partial charge in [0.1, 0.15) is 11.4 Å². The molecule has 2 heterocycles. The van der Waals surface area contributed by atoms with E-state index < -0.39 is 11.2 Å². The third kappa shape index (κ3) is 3.40. The van der Waals surface area contributed by atoms with Crippen LogP contribution in [0.25, 0.3) is 0 Å². The quantitative estimate of drug-likeness (QED) is 0.716. The van der Waals surface area contributed by atoms with Crippen molar-refractivity contribution in [3.63, 3.8) is 0 Å². The van der Waals surface area contributed by atoms with E-state index in [-0.39, 0.29) is 22.7 Å². The maximum Gasteiger partial charge on any atom is 0.326 e. The van der Waals surface area contributed by atoms with Gasteiger partial charge in [-0.1, -0.05) is 20.8 Å². The van der Waals surface area contributed by atoms with Crippen LogP contribution >= 0.6 is 0 Å². The van der Waals surface area contributed by atoms with Crippen LogP contribution in [-0.4, -0.2) is 33.9 Å². The Hall–Kier alpha value is -2.05. The highest BCUT2D eigenvalue weighted by Crippen LogP contribution is 2.34. The summed E-state index contributed by atoms with van der Waals surface area (Å²) in [7, 11) is 0. The number of anilines is 1. The van der Waals surface area contributed by atoms with E-state index in [0.717, 1.165) is 19.3 Å². The normalized spacial score (nSPS) is 19.8. The maximum atomic E-state index is 12.6. The molecule has 1 aliphatic rings. The molecule has 0 saturated carbocycles. The monoisotopic (exact) mass is 308 g/mol. The number of hydrogen-bond donors (Lipinski definition) is 3. The standard InChI is InChI=1S/C15H24N4O3/c1-15(2,3)9-5-4-7-19(8-6-9)13(21)11-10(16)12(20)18-14(22)17-11/h9H,4-8,16H2,1-3H3,(H2,17,18,20,22)/t9-/m1/s1. The number of carbonyl (C=O) groups excluding carboxylic acids is 1. The van der Waals surface area contributed by atoms with Gasteiger partial charge in [-0.2, -0.15) is 0 Å². The fourth-order valence-corrected chi connectivity index (χ4v) is 2.99. The van der Waals surface area contributed by atoms with Crippen molar-refractivity contribution in [1.29, 1.82) is 0 Å². The van der Waals surface area contributed by atoms with Crippen LogP contribution in [0.5, 0.6) is 0 Å². The number of nitrogen functional groups attached to an aromatic ring is 1. The summed E-state index contributed by atoms with van der Waals surface area (Å²) in [6.07, 6.45) is 2.87. The second kappa shape index (κ2) is 5.98. The van der Waals surface area contributed by atoms with Gasteiger partial charge in [0.2, 0.25) is 0 Å². The van der Waals surface area contributed by atoms with Crippen LogP contribution in [0, 0.1) is 11.3 Å². The molecule has 4 N–H and O–H groups in total. The first-order valence-electron chi connectivity index (χ1n) is 7.61. The zero-order chi connectivity index (χ0) is 16.5. The second-order valence-electron chi connectivity index (χ2n) is 6.98. The molecule has 22 heavy (non-hydrogen) atoms. The minimum absolute atomic E-state index is 0.108. The third-order valence-corrected chi connectivity index (χ3v) is 4.43. The third-order valence-electron chi connectivity index (χ3n) is 4.43. The molecule has 122 valence electrons. The van der Waals surface area contributed by atoms with E-state index in [9.17, 15) is 14.4 Å². The molecular weight excluding hydrogens is 284 g/mol. The summed E-state index contributed by atoms with van der Waals surface area (Å²) in [5, 5.41) is 0. The number of aromatic amines is 2. The Labute approximate surface area is 128 Å². The lowest BCUT2D eigenvalue weighted by atomic mass is 9.77. The number of nitrogens with zero attached hydrogens (tertiary/aromatic N) is 1. The maximum absolute atomic E-state index is 12.6. The summed E-state index contributed by atoms with van der Waals surface area (Å²) in [5.74, 6) is 0.163. The van der Waals surface area contributed by atoms with Gasteiger partial charge in [0.05, 0.1) is 0 Å². The van der Waals surface area contributed by atoms with Gasteiger partial charge in [-0.15, -0.1) is 0 Å². The number of aromatic nitrogens is 2. The van der Waals surface area contributed by atoms with Gasteiger partial charge in [0, 0.05) is 13.1 Å². The molecule has 1 aromatic heterocycles. The zero-order valence-corrected chi connectivity index (χ0v) is 13.4. The smallest absolute Gasteiger partial charge is 0.326 e. The van der Waals surface area contributed by atoms with Crippen molar-refractivity contribution in [1.82, 2.24) is 14.9 Å². The number of hydrogen-bond acceptors (Lipinski definition) is 4. The van der Waals surface area contributed by atoms with Crippen molar-refractivity contribution in [3.8, 4) is 0 Å². The molecule has 1 amide bonds. The van der Waals surface area contributed by atoms with E-state index >= 15 is 0 Å². The van der Waals surface area contributed by atoms with Gasteiger partial charge < -0.3 is 15.6 Å². The molecule has 1 fully saturated rings. The minimum atomic E-state index is -0.727. The predicted octanol–water partition coefficient (Wildman–Crippen LogP) is 0.934. The molecule has 0 spiro atoms. The van der Waals surface area contributed by atoms with Gasteiger partial charge in [-0.05, 0) is 30.6 Å². The topological polar surface area (TPSA) is 112 Å². The Kier molecular flexibility index (Phi) is 4.44. The highest BCUT2D eigenvalue weighted by Gasteiger charge is 2.29. The fraction of sp³-hybridized carbons (Fsp3) is 0.667. The van der Waals surface area contributed by atoms with Gasteiger partial charge in [0.25, 0.3) is 11.5 Å². The Balaban J connectivity index is 2.21. The number of rotatable bonds is 1. The van der Waals surface area contributed by atoms with E-state index in [4.69, 9.17) is 5.73 Å². The fourth-order valence-electron chi connectivity index (χ4n) is 2.99. The van der Waals surface area contributed by atoms with E-state index in [0.29, 0.717) is 19.0 Å². The van der Waals surface area contributed by atoms with Crippen LogP contribution in [0.1, 0.15) is 50.5 Å². The first-order chi connectivity index (χ1) is 10.2. The summed E-state index contributed by atoms with van der Waals surface area (Å²) in [5.41, 5.74) is 4.05. The molecule has 7 heteroatoms. The number of likely N-dealkylation sites (tertiary alicyclic amines) is 1. The molecule has 1 atom stereocenters. The predicted molar refractivity (Wildman–Crippen MR) is 84.8 cm³/mol. The summed E-state index contributed by atoms with van der Waals surface area (Å²) in [6, 6.07) is 0. The van der Waals surface area contributed by atoms with Gasteiger partial charge in [-0.3, -0.25) is 14.6 Å². The second-order valence-corrected chi connectivity index (χ2v) is 6.98. The van der Waals surface area contributed by atoms with Crippen molar-refractivity contribution in [2.24, 2.45) is 11.3 Å². The zero-order valence-electron chi connectivity index (χ0n) is 13.4. The largest absolute Gasteiger partial charge is 0.392 e. The number of nitrogens with two attached hydrogens (primary N) is 1. The van der Waals surface area contributed by atoms with Crippen LogP contribution < -0.4 is 17.0 Å². The molecule has 1 aliphatic heterocycles. The number of H-pyrrole nitrogens is 2. The SMILES string of the molecule is CC(C)(C)[C@@H]1CCCN(C(=O)c2[nH]c(=O)[nH]c(=O)c2N)CC1. The lowest BCUT2D eigenvalue weighted by molar-refractivity contribution is 0.0750. The van der Waals surface area contributed by atoms with Crippen LogP contribution in [0.15, 0.2) is 9.59 Å². The van der Waals surface area contributed by atoms with Crippen molar-refractivity contribution in [2.75, 3.05) is 18.8 Å². The van der Waals surface area contributed by atoms with Crippen molar-refractivity contribution < 1.29 is 4.79 Å². The average molecular weight is 308 g/mol. The summed E-state index contributed by atoms with van der Waals surface area (Å²) < 4.78 is 0. The highest BCUT2D eigenvalue weighted by molar-refractivity contribution is 5.96. The minimum Gasteiger partial charge on any atom is -0.392 e. The summed E-state index contributed by atoms with van der Waals surface area (Å²) >= 11 is 0. The molecule has 7 nitrogen and oxygen atoms in total. The number of carbonyl (C=O) groups is 1. The lowest BCUT2D eigenvalue weighted by Gasteiger charge is -2.29. The van der Waals surface area contributed by atoms with Gasteiger partial charge >= 0.3 is 5.69 Å². The average Bonchev–Trinajstić information content (AvgIpc) is 2.67. The van der Waals surface area contributed by atoms with Crippen LogP contribution in [0.3, 0.4) is 0 Å². The Morgan fingerprint density at radius 2 is 1.86 bits per heavy atom. The van der Waals surface area contributed by atoms with Gasteiger partial charge in [-0.25, -0.2) is 4.79 Å². The molecule has 1 aromatic rings. The first kappa shape index (κ1) is 16.3. The van der Waals surface area contributed by atoms with E-state index in [1.807, 2.05) is 4.98 Å². The first-order valence-corrected chi connectivity index (χ1v) is 7.61. The van der Waals surface area contributed by atoms with Gasteiger partial charge in [0.15, 0.2) is 0 Å². The highest BCUT2D eigenvalue weighted by atomic mass is 16.2.